The van der Waals surface area contributed by atoms with Crippen molar-refractivity contribution < 1.29 is 19.7 Å². The minimum Gasteiger partial charge on any atom is -0.481 e. The number of carboxylic acids is 1. The van der Waals surface area contributed by atoms with E-state index in [0.717, 1.165) is 0 Å². The molecule has 1 aromatic rings. The summed E-state index contributed by atoms with van der Waals surface area (Å²) in [5.41, 5.74) is 0. The lowest BCUT2D eigenvalue weighted by atomic mass is 9.90. The first kappa shape index (κ1) is 20.2. The molecule has 1 aromatic heterocycles. The highest BCUT2D eigenvalue weighted by atomic mass is 35.5. The molecule has 1 aliphatic carbocycles. The van der Waals surface area contributed by atoms with E-state index in [0.29, 0.717) is 36.7 Å². The first-order chi connectivity index (χ1) is 12.5. The number of carboxylic acid groups (broad SMARTS) is 1. The zero-order valence-corrected chi connectivity index (χ0v) is 15.2. The number of hydrogen-bond acceptors (Lipinski definition) is 4. The van der Waals surface area contributed by atoms with E-state index < -0.39 is 12.1 Å². The van der Waals surface area contributed by atoms with Gasteiger partial charge in [-0.3, -0.25) is 4.79 Å². The van der Waals surface area contributed by atoms with Crippen LogP contribution in [-0.2, 0) is 4.79 Å². The van der Waals surface area contributed by atoms with Crippen molar-refractivity contribution in [3.63, 3.8) is 0 Å². The molecule has 0 spiro atoms. The molecular weight excluding hydrogens is 356 g/mol. The van der Waals surface area contributed by atoms with Crippen molar-refractivity contribution in [1.82, 2.24) is 4.98 Å². The number of aromatic nitrogens is 1. The van der Waals surface area contributed by atoms with Crippen LogP contribution in [0.15, 0.2) is 30.4 Å². The van der Waals surface area contributed by atoms with Gasteiger partial charge in [-0.1, -0.05) is 29.8 Å². The molecule has 0 aromatic carbocycles. The third-order valence-corrected chi connectivity index (χ3v) is 4.85. The van der Waals surface area contributed by atoms with Crippen LogP contribution in [0.5, 0.6) is 5.88 Å². The summed E-state index contributed by atoms with van der Waals surface area (Å²) in [6.45, 7) is 7.66. The third kappa shape index (κ3) is 6.01. The number of aliphatic hydroxyl groups is 1. The number of halogens is 1. The van der Waals surface area contributed by atoms with Gasteiger partial charge in [0.1, 0.15) is 5.15 Å². The molecule has 0 aliphatic heterocycles. The SMILES string of the molecule is [C-]#[N+]C1C[C@@H](O)[C@H](COc2cccc(Cl)n2)[C@H]1C/C=C\CCCC(=O)O. The summed E-state index contributed by atoms with van der Waals surface area (Å²) in [5, 5.41) is 19.3. The highest BCUT2D eigenvalue weighted by Crippen LogP contribution is 2.37. The quantitative estimate of drug-likeness (QED) is 0.297. The molecule has 1 unspecified atom stereocenters. The second-order valence-corrected chi connectivity index (χ2v) is 6.82. The van der Waals surface area contributed by atoms with Crippen molar-refractivity contribution in [2.24, 2.45) is 11.8 Å². The molecule has 26 heavy (non-hydrogen) atoms. The minimum atomic E-state index is -0.794. The molecule has 1 aliphatic rings. The Labute approximate surface area is 158 Å². The molecule has 0 radical (unpaired) electrons. The molecule has 7 heteroatoms. The Balaban J connectivity index is 1.91. The highest BCUT2D eigenvalue weighted by molar-refractivity contribution is 6.29. The van der Waals surface area contributed by atoms with Gasteiger partial charge in [-0.2, -0.15) is 0 Å². The van der Waals surface area contributed by atoms with Gasteiger partial charge in [0.15, 0.2) is 0 Å². The molecule has 2 rings (SSSR count). The van der Waals surface area contributed by atoms with Crippen LogP contribution in [-0.4, -0.2) is 39.9 Å². The van der Waals surface area contributed by atoms with Gasteiger partial charge in [0.25, 0.3) is 0 Å². The second kappa shape index (κ2) is 10.1. The van der Waals surface area contributed by atoms with Crippen molar-refractivity contribution in [3.05, 3.63) is 46.9 Å². The Hall–Kier alpha value is -2.10. The molecule has 1 heterocycles. The molecule has 1 fully saturated rings. The topological polar surface area (TPSA) is 84.0 Å². The molecule has 0 amide bonds. The number of aliphatic hydroxyl groups excluding tert-OH is 1. The lowest BCUT2D eigenvalue weighted by Crippen LogP contribution is -2.27. The summed E-state index contributed by atoms with van der Waals surface area (Å²) in [4.78, 5) is 18.2. The van der Waals surface area contributed by atoms with E-state index in [1.807, 2.05) is 12.2 Å². The molecule has 1 saturated carbocycles. The smallest absolute Gasteiger partial charge is 0.303 e. The largest absolute Gasteiger partial charge is 0.481 e. The van der Waals surface area contributed by atoms with Crippen molar-refractivity contribution in [3.8, 4) is 5.88 Å². The Morgan fingerprint density at radius 2 is 2.23 bits per heavy atom. The van der Waals surface area contributed by atoms with Gasteiger partial charge in [0.05, 0.1) is 12.7 Å². The van der Waals surface area contributed by atoms with Crippen molar-refractivity contribution in [1.29, 1.82) is 0 Å². The average molecular weight is 379 g/mol. The predicted molar refractivity (Wildman–Crippen MR) is 98.0 cm³/mol. The van der Waals surface area contributed by atoms with Gasteiger partial charge < -0.3 is 19.8 Å². The fourth-order valence-electron chi connectivity index (χ4n) is 3.28. The van der Waals surface area contributed by atoms with E-state index in [2.05, 4.69) is 9.83 Å². The Bertz CT molecular complexity index is 674. The van der Waals surface area contributed by atoms with Crippen LogP contribution < -0.4 is 4.74 Å². The number of pyridine rings is 1. The fraction of sp³-hybridized carbons (Fsp3) is 0.526. The normalized spacial score (nSPS) is 25.3. The van der Waals surface area contributed by atoms with Gasteiger partial charge >= 0.3 is 5.97 Å². The lowest BCUT2D eigenvalue weighted by Gasteiger charge is -2.20. The first-order valence-corrected chi connectivity index (χ1v) is 9.06. The second-order valence-electron chi connectivity index (χ2n) is 6.43. The Morgan fingerprint density at radius 1 is 1.42 bits per heavy atom. The molecular formula is C19H23ClN2O4. The van der Waals surface area contributed by atoms with E-state index in [1.54, 1.807) is 18.2 Å². The number of hydrogen-bond donors (Lipinski definition) is 2. The summed E-state index contributed by atoms with van der Waals surface area (Å²) < 4.78 is 5.69. The number of rotatable bonds is 9. The zero-order valence-electron chi connectivity index (χ0n) is 14.4. The van der Waals surface area contributed by atoms with E-state index in [1.165, 1.54) is 0 Å². The van der Waals surface area contributed by atoms with E-state index in [-0.39, 0.29) is 30.9 Å². The monoisotopic (exact) mass is 378 g/mol. The van der Waals surface area contributed by atoms with E-state index in [4.69, 9.17) is 28.0 Å². The molecule has 0 bridgehead atoms. The van der Waals surface area contributed by atoms with Crippen LogP contribution in [0.25, 0.3) is 4.85 Å². The fourth-order valence-corrected chi connectivity index (χ4v) is 3.43. The van der Waals surface area contributed by atoms with Crippen LogP contribution >= 0.6 is 11.6 Å². The lowest BCUT2D eigenvalue weighted by molar-refractivity contribution is -0.137. The number of nitrogens with zero attached hydrogens (tertiary/aromatic N) is 2. The highest BCUT2D eigenvalue weighted by Gasteiger charge is 2.46. The van der Waals surface area contributed by atoms with Crippen molar-refractivity contribution in [2.45, 2.75) is 44.2 Å². The summed E-state index contributed by atoms with van der Waals surface area (Å²) in [6.07, 6.45) is 5.89. The van der Waals surface area contributed by atoms with Crippen LogP contribution in [0.4, 0.5) is 0 Å². The number of aliphatic carboxylic acids is 1. The standard InChI is InChI=1S/C19H23ClN2O4/c1-21-15-11-16(23)14(12-26-18-9-6-8-17(20)22-18)13(15)7-4-2-3-5-10-19(24)25/h2,4,6,8-9,13-16,23H,3,5,7,10-12H2,(H,24,25)/b4-2-/t13-,14-,15?,16-/m1/s1. The maximum Gasteiger partial charge on any atom is 0.303 e. The number of allylic oxidation sites excluding steroid dienone is 2. The van der Waals surface area contributed by atoms with Gasteiger partial charge in [0, 0.05) is 30.7 Å². The number of carbonyl (C=O) groups is 1. The average Bonchev–Trinajstić information content (AvgIpc) is 2.91. The van der Waals surface area contributed by atoms with Crippen LogP contribution in [0.1, 0.15) is 32.1 Å². The Kier molecular flexibility index (Phi) is 7.89. The number of unbranched alkanes of at least 4 members (excludes halogenated alkanes) is 1. The molecule has 6 nitrogen and oxygen atoms in total. The number of ether oxygens (including phenoxy) is 1. The van der Waals surface area contributed by atoms with Gasteiger partial charge in [-0.05, 0) is 25.3 Å². The minimum absolute atomic E-state index is 0.00240. The summed E-state index contributed by atoms with van der Waals surface area (Å²) in [5.74, 6) is -0.549. The van der Waals surface area contributed by atoms with Crippen LogP contribution in [0.2, 0.25) is 5.15 Å². The van der Waals surface area contributed by atoms with Crippen LogP contribution in [0.3, 0.4) is 0 Å². The van der Waals surface area contributed by atoms with Gasteiger partial charge in [-0.25, -0.2) is 11.6 Å². The van der Waals surface area contributed by atoms with Crippen LogP contribution in [0, 0.1) is 18.4 Å². The van der Waals surface area contributed by atoms with Gasteiger partial charge in [0.2, 0.25) is 11.9 Å². The third-order valence-electron chi connectivity index (χ3n) is 4.64. The van der Waals surface area contributed by atoms with Gasteiger partial charge in [-0.15, -0.1) is 0 Å². The molecule has 2 N–H and O–H groups in total. The van der Waals surface area contributed by atoms with E-state index >= 15 is 0 Å². The molecule has 140 valence electrons. The molecule has 0 saturated heterocycles. The maximum atomic E-state index is 10.5. The first-order valence-electron chi connectivity index (χ1n) is 8.68. The van der Waals surface area contributed by atoms with Crippen molar-refractivity contribution >= 4 is 17.6 Å². The predicted octanol–water partition coefficient (Wildman–Crippen LogP) is 3.60. The van der Waals surface area contributed by atoms with E-state index in [9.17, 15) is 9.90 Å². The summed E-state index contributed by atoms with van der Waals surface area (Å²) >= 11 is 5.85. The summed E-state index contributed by atoms with van der Waals surface area (Å²) in [6, 6.07) is 4.87. The maximum absolute atomic E-state index is 10.5. The summed E-state index contributed by atoms with van der Waals surface area (Å²) in [7, 11) is 0. The Morgan fingerprint density at radius 3 is 2.92 bits per heavy atom. The zero-order chi connectivity index (χ0) is 18.9. The molecule has 4 atom stereocenters. The van der Waals surface area contributed by atoms with Crippen molar-refractivity contribution in [2.75, 3.05) is 6.61 Å².